The fraction of sp³-hybridized carbons (Fsp3) is 0.286. The van der Waals surface area contributed by atoms with Gasteiger partial charge < -0.3 is 14.6 Å². The highest BCUT2D eigenvalue weighted by atomic mass is 35.5. The summed E-state index contributed by atoms with van der Waals surface area (Å²) in [5, 5.41) is 1.86. The molecular formula is C21H21ClN2O2. The third kappa shape index (κ3) is 3.17. The van der Waals surface area contributed by atoms with E-state index >= 15 is 0 Å². The van der Waals surface area contributed by atoms with Crippen molar-refractivity contribution in [2.24, 2.45) is 0 Å². The lowest BCUT2D eigenvalue weighted by Gasteiger charge is -2.32. The summed E-state index contributed by atoms with van der Waals surface area (Å²) in [6.07, 6.45) is 4.03. The Morgan fingerprint density at radius 1 is 1.15 bits per heavy atom. The predicted molar refractivity (Wildman–Crippen MR) is 104 cm³/mol. The van der Waals surface area contributed by atoms with Crippen LogP contribution in [-0.4, -0.2) is 36.0 Å². The van der Waals surface area contributed by atoms with Crippen molar-refractivity contribution in [3.05, 3.63) is 64.8 Å². The SMILES string of the molecule is COc1ccc2[nH]cc(C3CCN(C(=O)c4ccc(Cl)cc4)CC3)c2c1. The van der Waals surface area contributed by atoms with E-state index in [-0.39, 0.29) is 5.91 Å². The van der Waals surface area contributed by atoms with Crippen molar-refractivity contribution in [3.8, 4) is 5.75 Å². The molecule has 1 saturated heterocycles. The lowest BCUT2D eigenvalue weighted by molar-refractivity contribution is 0.0713. The number of aromatic nitrogens is 1. The van der Waals surface area contributed by atoms with Crippen LogP contribution in [-0.2, 0) is 0 Å². The van der Waals surface area contributed by atoms with E-state index in [1.165, 1.54) is 10.9 Å². The number of methoxy groups -OCH3 is 1. The van der Waals surface area contributed by atoms with Gasteiger partial charge in [-0.25, -0.2) is 0 Å². The Bertz CT molecular complexity index is 925. The molecule has 0 aliphatic carbocycles. The summed E-state index contributed by atoms with van der Waals surface area (Å²) in [4.78, 5) is 18.0. The Balaban J connectivity index is 1.48. The molecule has 0 saturated carbocycles. The van der Waals surface area contributed by atoms with Crippen molar-refractivity contribution in [2.75, 3.05) is 20.2 Å². The zero-order valence-electron chi connectivity index (χ0n) is 14.7. The van der Waals surface area contributed by atoms with Crippen molar-refractivity contribution in [1.29, 1.82) is 0 Å². The molecule has 0 spiro atoms. The van der Waals surface area contributed by atoms with Crippen LogP contribution in [0.2, 0.25) is 5.02 Å². The minimum absolute atomic E-state index is 0.0840. The fourth-order valence-corrected chi connectivity index (χ4v) is 3.88. The molecule has 3 aromatic rings. The number of carbonyl (C=O) groups is 1. The second-order valence-electron chi connectivity index (χ2n) is 6.73. The molecule has 1 aliphatic heterocycles. The van der Waals surface area contributed by atoms with E-state index in [4.69, 9.17) is 16.3 Å². The van der Waals surface area contributed by atoms with Gasteiger partial charge in [-0.05, 0) is 66.8 Å². The number of amides is 1. The van der Waals surface area contributed by atoms with E-state index in [1.54, 1.807) is 31.4 Å². The van der Waals surface area contributed by atoms with Gasteiger partial charge in [-0.2, -0.15) is 0 Å². The number of rotatable bonds is 3. The number of nitrogens with zero attached hydrogens (tertiary/aromatic N) is 1. The molecule has 1 N–H and O–H groups in total. The second kappa shape index (κ2) is 7.04. The van der Waals surface area contributed by atoms with Crippen LogP contribution in [0.15, 0.2) is 48.7 Å². The lowest BCUT2D eigenvalue weighted by atomic mass is 9.89. The first kappa shape index (κ1) is 17.0. The van der Waals surface area contributed by atoms with Gasteiger partial charge in [0.05, 0.1) is 7.11 Å². The van der Waals surface area contributed by atoms with E-state index in [9.17, 15) is 4.79 Å². The monoisotopic (exact) mass is 368 g/mol. The molecule has 0 unspecified atom stereocenters. The predicted octanol–water partition coefficient (Wildman–Crippen LogP) is 4.85. The number of hydrogen-bond acceptors (Lipinski definition) is 2. The molecular weight excluding hydrogens is 348 g/mol. The molecule has 5 heteroatoms. The van der Waals surface area contributed by atoms with Crippen molar-refractivity contribution in [1.82, 2.24) is 9.88 Å². The van der Waals surface area contributed by atoms with Gasteiger partial charge in [0.2, 0.25) is 0 Å². The minimum atomic E-state index is 0.0840. The van der Waals surface area contributed by atoms with Gasteiger partial charge in [-0.1, -0.05) is 11.6 Å². The average Bonchev–Trinajstić information content (AvgIpc) is 3.11. The normalized spacial score (nSPS) is 15.4. The molecule has 1 aromatic heterocycles. The number of ether oxygens (including phenoxy) is 1. The molecule has 1 fully saturated rings. The van der Waals surface area contributed by atoms with Gasteiger partial charge >= 0.3 is 0 Å². The molecule has 1 aliphatic rings. The van der Waals surface area contributed by atoms with Crippen LogP contribution in [0.3, 0.4) is 0 Å². The molecule has 4 rings (SSSR count). The van der Waals surface area contributed by atoms with Crippen molar-refractivity contribution in [2.45, 2.75) is 18.8 Å². The number of hydrogen-bond donors (Lipinski definition) is 1. The smallest absolute Gasteiger partial charge is 0.253 e. The maximum atomic E-state index is 12.7. The lowest BCUT2D eigenvalue weighted by Crippen LogP contribution is -2.37. The zero-order chi connectivity index (χ0) is 18.1. The van der Waals surface area contributed by atoms with Crippen LogP contribution in [0.5, 0.6) is 5.75 Å². The van der Waals surface area contributed by atoms with E-state index in [0.29, 0.717) is 16.5 Å². The van der Waals surface area contributed by atoms with Crippen LogP contribution in [0.1, 0.15) is 34.7 Å². The highest BCUT2D eigenvalue weighted by molar-refractivity contribution is 6.30. The Labute approximate surface area is 157 Å². The van der Waals surface area contributed by atoms with E-state index in [2.05, 4.69) is 23.3 Å². The number of fused-ring (bicyclic) bond motifs is 1. The maximum absolute atomic E-state index is 12.7. The maximum Gasteiger partial charge on any atom is 0.253 e. The number of nitrogens with one attached hydrogen (secondary N) is 1. The highest BCUT2D eigenvalue weighted by Gasteiger charge is 2.26. The minimum Gasteiger partial charge on any atom is -0.497 e. The Kier molecular flexibility index (Phi) is 4.60. The van der Waals surface area contributed by atoms with Gasteiger partial charge in [0.25, 0.3) is 5.91 Å². The molecule has 0 radical (unpaired) electrons. The summed E-state index contributed by atoms with van der Waals surface area (Å²) in [6, 6.07) is 13.2. The van der Waals surface area contributed by atoms with Crippen LogP contribution in [0, 0.1) is 0 Å². The summed E-state index contributed by atoms with van der Waals surface area (Å²) in [5.41, 5.74) is 3.14. The second-order valence-corrected chi connectivity index (χ2v) is 7.17. The number of piperidine rings is 1. The van der Waals surface area contributed by atoms with Gasteiger partial charge in [0.15, 0.2) is 0 Å². The Hall–Kier alpha value is -2.46. The molecule has 4 nitrogen and oxygen atoms in total. The first-order valence-corrected chi connectivity index (χ1v) is 9.23. The molecule has 134 valence electrons. The quantitative estimate of drug-likeness (QED) is 0.718. The van der Waals surface area contributed by atoms with Crippen LogP contribution in [0.4, 0.5) is 0 Å². The largest absolute Gasteiger partial charge is 0.497 e. The van der Waals surface area contributed by atoms with Crippen molar-refractivity contribution in [3.63, 3.8) is 0 Å². The summed E-state index contributed by atoms with van der Waals surface area (Å²) in [7, 11) is 1.69. The van der Waals surface area contributed by atoms with Crippen LogP contribution in [0.25, 0.3) is 10.9 Å². The zero-order valence-corrected chi connectivity index (χ0v) is 15.4. The summed E-state index contributed by atoms with van der Waals surface area (Å²) >= 11 is 5.91. The molecule has 2 heterocycles. The standard InChI is InChI=1S/C21H21ClN2O2/c1-26-17-6-7-20-18(12-17)19(13-23-20)14-8-10-24(11-9-14)21(25)15-2-4-16(22)5-3-15/h2-7,12-14,23H,8-11H2,1H3. The number of aromatic amines is 1. The van der Waals surface area contributed by atoms with E-state index in [0.717, 1.165) is 37.2 Å². The number of likely N-dealkylation sites (tertiary alicyclic amines) is 1. The number of carbonyl (C=O) groups excluding carboxylic acids is 1. The van der Waals surface area contributed by atoms with Gasteiger partial charge in [-0.15, -0.1) is 0 Å². The number of H-pyrrole nitrogens is 1. The van der Waals surface area contributed by atoms with Crippen LogP contribution >= 0.6 is 11.6 Å². The summed E-state index contributed by atoms with van der Waals surface area (Å²) < 4.78 is 5.36. The average molecular weight is 369 g/mol. The highest BCUT2D eigenvalue weighted by Crippen LogP contribution is 2.35. The number of benzene rings is 2. The Morgan fingerprint density at radius 3 is 2.58 bits per heavy atom. The number of halogens is 1. The molecule has 1 amide bonds. The van der Waals surface area contributed by atoms with Crippen molar-refractivity contribution < 1.29 is 9.53 Å². The fourth-order valence-electron chi connectivity index (χ4n) is 3.75. The molecule has 0 bridgehead atoms. The van der Waals surface area contributed by atoms with Gasteiger partial charge in [-0.3, -0.25) is 4.79 Å². The van der Waals surface area contributed by atoms with Gasteiger partial charge in [0, 0.05) is 40.8 Å². The third-order valence-electron chi connectivity index (χ3n) is 5.23. The first-order chi connectivity index (χ1) is 12.7. The Morgan fingerprint density at radius 2 is 1.88 bits per heavy atom. The third-order valence-corrected chi connectivity index (χ3v) is 5.49. The molecule has 2 aromatic carbocycles. The van der Waals surface area contributed by atoms with Crippen LogP contribution < -0.4 is 4.74 Å². The van der Waals surface area contributed by atoms with E-state index < -0.39 is 0 Å². The van der Waals surface area contributed by atoms with Gasteiger partial charge in [0.1, 0.15) is 5.75 Å². The first-order valence-electron chi connectivity index (χ1n) is 8.85. The molecule has 26 heavy (non-hydrogen) atoms. The molecule has 0 atom stereocenters. The van der Waals surface area contributed by atoms with E-state index in [1.807, 2.05) is 11.0 Å². The summed E-state index contributed by atoms with van der Waals surface area (Å²) in [6.45, 7) is 1.53. The summed E-state index contributed by atoms with van der Waals surface area (Å²) in [5.74, 6) is 1.40. The topological polar surface area (TPSA) is 45.3 Å². The van der Waals surface area contributed by atoms with Crippen molar-refractivity contribution >= 4 is 28.4 Å².